The third kappa shape index (κ3) is 3.29. The van der Waals surface area contributed by atoms with Crippen LogP contribution in [-0.2, 0) is 6.54 Å². The van der Waals surface area contributed by atoms with Crippen LogP contribution < -0.4 is 15.0 Å². The van der Waals surface area contributed by atoms with Crippen molar-refractivity contribution >= 4 is 39.4 Å². The molecule has 0 fully saturated rings. The maximum absolute atomic E-state index is 13.5. The number of para-hydroxylation sites is 3. The van der Waals surface area contributed by atoms with E-state index in [0.29, 0.717) is 62.7 Å². The van der Waals surface area contributed by atoms with Crippen molar-refractivity contribution in [2.75, 3.05) is 14.2 Å². The molecule has 0 bridgehead atoms. The second-order valence-corrected chi connectivity index (χ2v) is 7.59. The van der Waals surface area contributed by atoms with Gasteiger partial charge in [-0.3, -0.25) is 9.36 Å². The molecule has 9 heteroatoms. The zero-order valence-corrected chi connectivity index (χ0v) is 19.0. The Hall–Kier alpha value is -4.53. The summed E-state index contributed by atoms with van der Waals surface area (Å²) in [6.07, 6.45) is 3.29. The predicted molar refractivity (Wildman–Crippen MR) is 132 cm³/mol. The number of rotatable bonds is 6. The molecule has 0 aliphatic rings. The van der Waals surface area contributed by atoms with Gasteiger partial charge >= 0.3 is 0 Å². The van der Waals surface area contributed by atoms with E-state index in [4.69, 9.17) is 24.4 Å². The molecule has 0 saturated heterocycles. The highest BCUT2D eigenvalue weighted by Gasteiger charge is 2.21. The molecule has 0 N–H and O–H groups in total. The van der Waals surface area contributed by atoms with Crippen molar-refractivity contribution in [3.05, 3.63) is 76.9 Å². The van der Waals surface area contributed by atoms with Gasteiger partial charge in [0.05, 0.1) is 31.5 Å². The Kier molecular flexibility index (Phi) is 5.29. The number of ether oxygens (including phenoxy) is 2. The van der Waals surface area contributed by atoms with Crippen molar-refractivity contribution in [2.45, 2.75) is 13.5 Å². The van der Waals surface area contributed by atoms with Gasteiger partial charge in [-0.25, -0.2) is 15.0 Å². The minimum Gasteiger partial charge on any atom is -0.493 e. The van der Waals surface area contributed by atoms with Crippen LogP contribution in [0.3, 0.4) is 0 Å². The number of hydrogen-bond donors (Lipinski definition) is 0. The first kappa shape index (κ1) is 21.3. The molecule has 3 heterocycles. The lowest BCUT2D eigenvalue weighted by atomic mass is 10.2. The summed E-state index contributed by atoms with van der Waals surface area (Å²) in [7, 11) is 3.15. The summed E-state index contributed by atoms with van der Waals surface area (Å²) in [5.41, 5.74) is 3.11. The molecule has 0 radical (unpaired) electrons. The van der Waals surface area contributed by atoms with Gasteiger partial charge in [-0.15, -0.1) is 6.58 Å². The molecule has 9 nitrogen and oxygen atoms in total. The Bertz CT molecular complexity index is 1670. The van der Waals surface area contributed by atoms with Gasteiger partial charge in [-0.2, -0.15) is 9.78 Å². The van der Waals surface area contributed by atoms with E-state index in [-0.39, 0.29) is 5.56 Å². The average Bonchev–Trinajstić information content (AvgIpc) is 3.15. The van der Waals surface area contributed by atoms with Gasteiger partial charge in [0.1, 0.15) is 16.7 Å². The van der Waals surface area contributed by atoms with E-state index in [0.717, 1.165) is 0 Å². The lowest BCUT2D eigenvalue weighted by molar-refractivity contribution is 0.354. The molecule has 0 unspecified atom stereocenters. The molecule has 3 aromatic heterocycles. The monoisotopic (exact) mass is 454 g/mol. The summed E-state index contributed by atoms with van der Waals surface area (Å²) in [5, 5.41) is 5.02. The Balaban J connectivity index is 1.85. The van der Waals surface area contributed by atoms with Gasteiger partial charge in [-0.1, -0.05) is 24.3 Å². The van der Waals surface area contributed by atoms with E-state index in [9.17, 15) is 4.79 Å². The third-order valence-corrected chi connectivity index (χ3v) is 5.59. The molecule has 2 aromatic carbocycles. The molecule has 0 spiro atoms. The maximum Gasteiger partial charge on any atom is 0.265 e. The first-order valence-corrected chi connectivity index (χ1v) is 10.6. The molecule has 0 saturated carbocycles. The van der Waals surface area contributed by atoms with Crippen molar-refractivity contribution in [3.63, 3.8) is 0 Å². The summed E-state index contributed by atoms with van der Waals surface area (Å²) in [6.45, 7) is 5.87. The van der Waals surface area contributed by atoms with Crippen molar-refractivity contribution in [1.29, 1.82) is 0 Å². The number of fused-ring (bicyclic) bond motifs is 4. The Labute approximate surface area is 194 Å². The van der Waals surface area contributed by atoms with E-state index in [1.54, 1.807) is 48.7 Å². The van der Waals surface area contributed by atoms with Gasteiger partial charge in [-0.05, 0) is 31.2 Å². The molecule has 170 valence electrons. The van der Waals surface area contributed by atoms with E-state index in [1.165, 1.54) is 0 Å². The first-order chi connectivity index (χ1) is 16.6. The molecule has 5 aromatic rings. The second kappa shape index (κ2) is 8.43. The number of nitrogens with zero attached hydrogens (tertiary/aromatic N) is 6. The molecule has 0 aliphatic heterocycles. The fraction of sp³-hybridized carbons (Fsp3) is 0.160. The number of methoxy groups -OCH3 is 2. The summed E-state index contributed by atoms with van der Waals surface area (Å²) >= 11 is 0. The number of aromatic nitrogens is 5. The summed E-state index contributed by atoms with van der Waals surface area (Å²) < 4.78 is 14.0. The standard InChI is InChI=1S/C25H22N6O3/c1-5-13-30-15(2)27-23-20(25(30)32)21-24(29-18-11-7-6-10-17(18)28-21)31(23)26-14-16-9-8-12-19(33-3)22(16)34-4/h5-12,14H,1,13H2,2-4H3. The summed E-state index contributed by atoms with van der Waals surface area (Å²) in [6, 6.07) is 13.0. The van der Waals surface area contributed by atoms with E-state index in [1.807, 2.05) is 36.4 Å². The zero-order chi connectivity index (χ0) is 23.8. The molecule has 0 amide bonds. The normalized spacial score (nSPS) is 11.6. The molecular formula is C25H22N6O3. The van der Waals surface area contributed by atoms with Crippen LogP contribution in [0.5, 0.6) is 11.5 Å². The molecule has 0 atom stereocenters. The largest absolute Gasteiger partial charge is 0.493 e. The topological polar surface area (TPSA) is 96.4 Å². The number of allylic oxidation sites excluding steroid dienone is 1. The molecule has 5 rings (SSSR count). The third-order valence-electron chi connectivity index (χ3n) is 5.59. The smallest absolute Gasteiger partial charge is 0.265 e. The van der Waals surface area contributed by atoms with Crippen molar-refractivity contribution in [2.24, 2.45) is 5.10 Å². The van der Waals surface area contributed by atoms with Crippen molar-refractivity contribution < 1.29 is 9.47 Å². The molecular weight excluding hydrogens is 432 g/mol. The van der Waals surface area contributed by atoms with E-state index in [2.05, 4.69) is 11.7 Å². The van der Waals surface area contributed by atoms with Crippen molar-refractivity contribution in [1.82, 2.24) is 24.2 Å². The van der Waals surface area contributed by atoms with Gasteiger partial charge < -0.3 is 9.47 Å². The number of hydrogen-bond acceptors (Lipinski definition) is 7. The summed E-state index contributed by atoms with van der Waals surface area (Å²) in [4.78, 5) is 27.7. The van der Waals surface area contributed by atoms with Crippen LogP contribution in [0.2, 0.25) is 0 Å². The second-order valence-electron chi connectivity index (χ2n) is 7.59. The minimum atomic E-state index is -0.218. The Morgan fingerprint density at radius 3 is 2.47 bits per heavy atom. The fourth-order valence-corrected chi connectivity index (χ4v) is 4.00. The van der Waals surface area contributed by atoms with Gasteiger partial charge in [0.25, 0.3) is 5.56 Å². The van der Waals surface area contributed by atoms with Gasteiger partial charge in [0, 0.05) is 12.1 Å². The first-order valence-electron chi connectivity index (χ1n) is 10.6. The van der Waals surface area contributed by atoms with E-state index >= 15 is 0 Å². The van der Waals surface area contributed by atoms with Crippen LogP contribution >= 0.6 is 0 Å². The van der Waals surface area contributed by atoms with Crippen LogP contribution in [0.25, 0.3) is 33.2 Å². The fourth-order valence-electron chi connectivity index (χ4n) is 4.00. The van der Waals surface area contributed by atoms with Crippen molar-refractivity contribution in [3.8, 4) is 11.5 Å². The predicted octanol–water partition coefficient (Wildman–Crippen LogP) is 3.69. The van der Waals surface area contributed by atoms with Crippen LogP contribution in [0.4, 0.5) is 0 Å². The molecule has 34 heavy (non-hydrogen) atoms. The Morgan fingerprint density at radius 2 is 1.76 bits per heavy atom. The molecule has 0 aliphatic carbocycles. The van der Waals surface area contributed by atoms with Crippen LogP contribution in [0.1, 0.15) is 11.4 Å². The highest BCUT2D eigenvalue weighted by atomic mass is 16.5. The summed E-state index contributed by atoms with van der Waals surface area (Å²) in [5.74, 6) is 1.67. The number of aryl methyl sites for hydroxylation is 1. The Morgan fingerprint density at radius 1 is 1.00 bits per heavy atom. The quantitative estimate of drug-likeness (QED) is 0.287. The lowest BCUT2D eigenvalue weighted by Gasteiger charge is -2.09. The highest BCUT2D eigenvalue weighted by molar-refractivity contribution is 6.05. The van der Waals surface area contributed by atoms with E-state index < -0.39 is 0 Å². The van der Waals surface area contributed by atoms with Gasteiger partial charge in [0.15, 0.2) is 22.8 Å². The zero-order valence-electron chi connectivity index (χ0n) is 19.0. The number of benzene rings is 2. The minimum absolute atomic E-state index is 0.218. The van der Waals surface area contributed by atoms with Crippen LogP contribution in [0, 0.1) is 6.92 Å². The maximum atomic E-state index is 13.5. The SMILES string of the molecule is C=CCn1c(C)nc2c(c1=O)c1nc3ccccc3nc1n2N=Cc1cccc(OC)c1OC. The average molecular weight is 454 g/mol. The lowest BCUT2D eigenvalue weighted by Crippen LogP contribution is -2.23. The van der Waals surface area contributed by atoms with Crippen LogP contribution in [0.15, 0.2) is 65.0 Å². The highest BCUT2D eigenvalue weighted by Crippen LogP contribution is 2.30. The van der Waals surface area contributed by atoms with Gasteiger partial charge in [0.2, 0.25) is 0 Å². The van der Waals surface area contributed by atoms with Crippen LogP contribution in [-0.4, -0.2) is 44.6 Å².